The largest absolute Gasteiger partial charge is 0.508 e. The van der Waals surface area contributed by atoms with Crippen molar-refractivity contribution in [1.29, 1.82) is 0 Å². The summed E-state index contributed by atoms with van der Waals surface area (Å²) in [5.74, 6) is -3.84. The Balaban J connectivity index is 0.000000149. The van der Waals surface area contributed by atoms with Gasteiger partial charge in [0.1, 0.15) is 48.7 Å². The number of benzene rings is 13. The molecule has 0 aliphatic heterocycles. The molecule has 0 fully saturated rings. The van der Waals surface area contributed by atoms with E-state index >= 15 is 0 Å². The molecule has 20 nitrogen and oxygen atoms in total. The number of hydrogen-bond acceptors (Lipinski definition) is 19. The number of aliphatic hydroxyl groups excluding tert-OH is 4. The number of thiophene rings is 1. The van der Waals surface area contributed by atoms with Gasteiger partial charge < -0.3 is 30.1 Å². The van der Waals surface area contributed by atoms with Crippen molar-refractivity contribution in [2.24, 2.45) is 0 Å². The Hall–Kier alpha value is -14.0. The number of H-pyrrole nitrogens is 2. The molecule has 0 saturated heterocycles. The highest BCUT2D eigenvalue weighted by atomic mass is 35.5. The number of fused-ring (bicyclic) bond motifs is 2. The summed E-state index contributed by atoms with van der Waals surface area (Å²) in [6.45, 7) is 14.2. The number of aromatic nitrogens is 4. The summed E-state index contributed by atoms with van der Waals surface area (Å²) in [6.07, 6.45) is -0.269. The van der Waals surface area contributed by atoms with E-state index in [9.17, 15) is 84.9 Å². The molecule has 17 aromatic rings. The molecule has 720 valence electrons. The standard InChI is InChI=1S/C24H18Cl2O4S2.C23H19F3O3S.C22H18N2O3S.C20H16ClNO3S.C18H13ClFNO3S/c1-14(27)19-8-7-16(22-10-15-5-3-4-6-21(15)31-22)9-17(19)13-32(28,29)23-12-18(25)11-20(26)24(23)30-2;1-16(27)22-12-9-19(18-5-3-2-4-6-18)13-20(22)15-30(28,29)14-17-7-10-21(11-8-17)23(24,25)26;1-15(25)21-9-7-17(16-5-3-2-4-6-16)11-19(21)14-28(26,27)20-8-10-22-18(12-20)13-23-24-22;1-14(23)18-10-9-16(15-6-3-2-4-7-15)12-17(18)13-26(24,25)19-8-5-11-22-20(19)21;19-15-9-17(18(22)21-10-15)25(23,24)11-14-8-13(6-7-16(14)20)12-4-2-1-3-5-12/h3-12,27H,1,13H2,2H3;2-13,27H,1,14-15H2;2-13,25H,1,14H2,(H,23,24);2-12,23H,1,13H2;1-10H,11H2,(H,21,22). The van der Waals surface area contributed by atoms with E-state index in [1.165, 1.54) is 55.9 Å². The Kier molecular flexibility index (Phi) is 33.3. The summed E-state index contributed by atoms with van der Waals surface area (Å²) >= 11 is 25.5. The van der Waals surface area contributed by atoms with Crippen LogP contribution in [-0.2, 0) is 89.9 Å². The van der Waals surface area contributed by atoms with Crippen LogP contribution in [0, 0.1) is 5.82 Å². The number of alkyl halides is 3. The van der Waals surface area contributed by atoms with Crippen LogP contribution in [0.25, 0.3) is 99.0 Å². The van der Waals surface area contributed by atoms with Crippen LogP contribution in [0.3, 0.4) is 0 Å². The molecule has 0 bridgehead atoms. The van der Waals surface area contributed by atoms with Crippen LogP contribution in [0.1, 0.15) is 61.2 Å². The minimum atomic E-state index is -4.48. The summed E-state index contributed by atoms with van der Waals surface area (Å²) in [5, 5.41) is 48.6. The van der Waals surface area contributed by atoms with E-state index in [4.69, 9.17) is 51.1 Å². The molecule has 0 atom stereocenters. The van der Waals surface area contributed by atoms with E-state index in [0.717, 1.165) is 101 Å². The van der Waals surface area contributed by atoms with Gasteiger partial charge in [-0.25, -0.2) is 51.5 Å². The van der Waals surface area contributed by atoms with Crippen LogP contribution in [0.2, 0.25) is 20.2 Å². The van der Waals surface area contributed by atoms with Gasteiger partial charge in [-0.2, -0.15) is 18.3 Å². The van der Waals surface area contributed by atoms with Crippen molar-refractivity contribution in [2.75, 3.05) is 7.11 Å². The van der Waals surface area contributed by atoms with Gasteiger partial charge in [0.2, 0.25) is 0 Å². The van der Waals surface area contributed by atoms with Crippen molar-refractivity contribution in [3.8, 4) is 60.7 Å². The molecule has 141 heavy (non-hydrogen) atoms. The highest BCUT2D eigenvalue weighted by Crippen LogP contribution is 2.42. The fraction of sp³-hybridized carbons (Fsp3) is 0.0748. The monoisotopic (exact) mass is 2090 g/mol. The van der Waals surface area contributed by atoms with Crippen LogP contribution in [0.15, 0.2) is 385 Å². The minimum Gasteiger partial charge on any atom is -0.508 e. The molecule has 0 spiro atoms. The van der Waals surface area contributed by atoms with Gasteiger partial charge in [0, 0.05) is 60.2 Å². The van der Waals surface area contributed by atoms with Gasteiger partial charge in [-0.15, -0.1) is 11.3 Å². The lowest BCUT2D eigenvalue weighted by Crippen LogP contribution is -2.18. The smallest absolute Gasteiger partial charge is 0.416 e. The number of nitrogens with zero attached hydrogens (tertiary/aromatic N) is 2. The number of ether oxygens (including phenoxy) is 1. The Labute approximate surface area is 835 Å². The van der Waals surface area contributed by atoms with Gasteiger partial charge in [0.15, 0.2) is 54.9 Å². The lowest BCUT2D eigenvalue weighted by Gasteiger charge is -2.14. The Morgan fingerprint density at radius 1 is 0.411 bits per heavy atom. The van der Waals surface area contributed by atoms with Crippen molar-refractivity contribution in [2.45, 2.75) is 60.3 Å². The number of nitrogens with one attached hydrogen (secondary N) is 2. The van der Waals surface area contributed by atoms with Gasteiger partial charge in [0.05, 0.1) is 73.8 Å². The first-order chi connectivity index (χ1) is 66.9. The van der Waals surface area contributed by atoms with E-state index in [-0.39, 0.29) is 92.1 Å². The summed E-state index contributed by atoms with van der Waals surface area (Å²) in [4.78, 5) is 18.4. The number of methoxy groups -OCH3 is 1. The van der Waals surface area contributed by atoms with E-state index in [1.807, 2.05) is 164 Å². The average molecular weight is 2090 g/mol. The molecule has 0 aliphatic carbocycles. The fourth-order valence-corrected chi connectivity index (χ4v) is 24.8. The molecule has 4 aromatic heterocycles. The van der Waals surface area contributed by atoms with Crippen LogP contribution in [0.5, 0.6) is 5.75 Å². The zero-order valence-corrected chi connectivity index (χ0v) is 82.3. The molecule has 34 heteroatoms. The molecule has 6 N–H and O–H groups in total. The molecular formula is C107H84Cl4F4N4O16S6. The van der Waals surface area contributed by atoms with E-state index in [2.05, 4.69) is 52.5 Å². The number of aromatic amines is 2. The van der Waals surface area contributed by atoms with Crippen LogP contribution >= 0.6 is 57.7 Å². The van der Waals surface area contributed by atoms with Crippen molar-refractivity contribution < 1.29 is 84.8 Å². The van der Waals surface area contributed by atoms with Crippen LogP contribution in [-0.4, -0.2) is 89.8 Å². The molecular weight excluding hydrogens is 2010 g/mol. The lowest BCUT2D eigenvalue weighted by atomic mass is 9.99. The van der Waals surface area contributed by atoms with Crippen LogP contribution < -0.4 is 10.3 Å². The van der Waals surface area contributed by atoms with Gasteiger partial charge >= 0.3 is 6.18 Å². The second-order valence-electron chi connectivity index (χ2n) is 31.8. The first-order valence-electron chi connectivity index (χ1n) is 42.2. The van der Waals surface area contributed by atoms with Crippen molar-refractivity contribution in [3.05, 3.63) is 458 Å². The summed E-state index contributed by atoms with van der Waals surface area (Å²) in [7, 11) is -17.7. The zero-order chi connectivity index (χ0) is 101. The number of hydrogen-bond donors (Lipinski definition) is 6. The van der Waals surface area contributed by atoms with Gasteiger partial charge in [0.25, 0.3) is 5.56 Å². The molecule has 13 aromatic carbocycles. The molecule has 0 aliphatic rings. The molecule has 4 heterocycles. The van der Waals surface area contributed by atoms with Gasteiger partial charge in [-0.05, 0) is 192 Å². The van der Waals surface area contributed by atoms with Crippen molar-refractivity contribution >= 4 is 151 Å². The molecule has 0 radical (unpaired) electrons. The molecule has 0 saturated carbocycles. The van der Waals surface area contributed by atoms with Crippen LogP contribution in [0.4, 0.5) is 17.6 Å². The maximum absolute atomic E-state index is 14.1. The minimum absolute atomic E-state index is 0.0132. The SMILES string of the molecule is C=C(O)c1ccc(-c2cc3ccccc3s2)cc1CS(=O)(=O)c1cc(Cl)cc(Cl)c1OC.C=C(O)c1ccc(-c2ccccc2)cc1CS(=O)(=O)Cc1ccc(C(F)(F)F)cc1.C=C(O)c1ccc(-c2ccccc2)cc1CS(=O)(=O)c1ccc2[nH]ncc2c1.C=C(O)c1ccc(-c2ccccc2)cc1CS(=O)(=O)c1cccnc1Cl.O=c1[nH]cc(Cl)cc1S(=O)(=O)Cc1cc(-c2ccccc2)ccc1F. The third-order valence-electron chi connectivity index (χ3n) is 21.8. The Morgan fingerprint density at radius 2 is 0.837 bits per heavy atom. The second-order valence-corrected chi connectivity index (χ2v) is 44.4. The molecule has 0 amide bonds. The first-order valence-corrected chi connectivity index (χ1v) is 53.0. The topological polar surface area (TPSA) is 335 Å². The third-order valence-corrected chi connectivity index (χ3v) is 32.3. The Morgan fingerprint density at radius 3 is 1.31 bits per heavy atom. The second kappa shape index (κ2) is 45.1. The maximum atomic E-state index is 14.1. The summed E-state index contributed by atoms with van der Waals surface area (Å²) in [6, 6.07) is 88.6. The fourth-order valence-electron chi connectivity index (χ4n) is 15.0. The Bertz CT molecular complexity index is 8240. The third kappa shape index (κ3) is 26.8. The first kappa shape index (κ1) is 104. The summed E-state index contributed by atoms with van der Waals surface area (Å²) in [5.41, 5.74) is 10.2. The van der Waals surface area contributed by atoms with E-state index in [1.54, 1.807) is 96.4 Å². The normalized spacial score (nSPS) is 11.6. The number of pyridine rings is 2. The lowest BCUT2D eigenvalue weighted by molar-refractivity contribution is -0.137. The maximum Gasteiger partial charge on any atom is 0.416 e. The van der Waals surface area contributed by atoms with Gasteiger partial charge in [-0.3, -0.25) is 9.89 Å². The van der Waals surface area contributed by atoms with Crippen molar-refractivity contribution in [1.82, 2.24) is 20.2 Å². The number of rotatable bonds is 26. The zero-order valence-electron chi connectivity index (χ0n) is 74.4. The molecule has 17 rings (SSSR count). The highest BCUT2D eigenvalue weighted by molar-refractivity contribution is 7.91. The van der Waals surface area contributed by atoms with E-state index in [0.29, 0.717) is 50.1 Å². The number of halogens is 8. The predicted molar refractivity (Wildman–Crippen MR) is 553 cm³/mol. The number of aliphatic hydroxyl groups is 4. The van der Waals surface area contributed by atoms with Crippen molar-refractivity contribution in [3.63, 3.8) is 0 Å². The number of sulfone groups is 5. The average Bonchev–Trinajstić information content (AvgIpc) is 1.78. The highest BCUT2D eigenvalue weighted by Gasteiger charge is 2.32. The van der Waals surface area contributed by atoms with Gasteiger partial charge in [-0.1, -0.05) is 279 Å². The molecule has 0 unspecified atom stereocenters. The summed E-state index contributed by atoms with van der Waals surface area (Å²) < 4.78 is 188. The predicted octanol–water partition coefficient (Wildman–Crippen LogP) is 26.8. The quantitative estimate of drug-likeness (QED) is 0.0167. The van der Waals surface area contributed by atoms with E-state index < -0.39 is 94.5 Å².